The lowest BCUT2D eigenvalue weighted by Crippen LogP contribution is -2.29. The molecule has 1 N–H and O–H groups in total. The maximum Gasteiger partial charge on any atom is 0.240 e. The van der Waals surface area contributed by atoms with Gasteiger partial charge in [-0.25, -0.2) is 17.5 Å². The summed E-state index contributed by atoms with van der Waals surface area (Å²) in [5.41, 5.74) is 0. The largest absolute Gasteiger partial charge is 0.240 e. The molecule has 1 rings (SSSR count). The van der Waals surface area contributed by atoms with Crippen molar-refractivity contribution in [3.8, 4) is 0 Å². The second-order valence-electron chi connectivity index (χ2n) is 4.44. The van der Waals surface area contributed by atoms with Gasteiger partial charge in [-0.15, -0.1) is 11.6 Å². The van der Waals surface area contributed by atoms with Crippen molar-refractivity contribution in [3.63, 3.8) is 0 Å². The normalized spacial score (nSPS) is 13.4. The molecule has 0 bridgehead atoms. The fourth-order valence-corrected chi connectivity index (χ4v) is 3.26. The van der Waals surface area contributed by atoms with Crippen molar-refractivity contribution < 1.29 is 12.8 Å². The van der Waals surface area contributed by atoms with Crippen molar-refractivity contribution in [3.05, 3.63) is 30.1 Å². The Morgan fingerprint density at radius 3 is 2.42 bits per heavy atom. The molecule has 0 radical (unpaired) electrons. The zero-order chi connectivity index (χ0) is 14.3. The highest BCUT2D eigenvalue weighted by Crippen LogP contribution is 2.14. The third-order valence-corrected chi connectivity index (χ3v) is 4.56. The lowest BCUT2D eigenvalue weighted by molar-refractivity contribution is 0.457. The van der Waals surface area contributed by atoms with Gasteiger partial charge in [0.2, 0.25) is 10.0 Å². The van der Waals surface area contributed by atoms with Gasteiger partial charge in [0.15, 0.2) is 0 Å². The SMILES string of the molecule is CCCC(CCCl)CNS(=O)(=O)c1ccc(F)cc1. The molecule has 0 fully saturated rings. The van der Waals surface area contributed by atoms with E-state index in [-0.39, 0.29) is 10.8 Å². The molecule has 0 aliphatic rings. The maximum absolute atomic E-state index is 12.8. The predicted octanol–water partition coefficient (Wildman–Crippen LogP) is 3.15. The van der Waals surface area contributed by atoms with Gasteiger partial charge < -0.3 is 0 Å². The summed E-state index contributed by atoms with van der Waals surface area (Å²) in [6.45, 7) is 2.41. The number of sulfonamides is 1. The molecular formula is C13H19ClFNO2S. The van der Waals surface area contributed by atoms with E-state index >= 15 is 0 Å². The molecule has 3 nitrogen and oxygen atoms in total. The Morgan fingerprint density at radius 1 is 1.26 bits per heavy atom. The van der Waals surface area contributed by atoms with Crippen LogP contribution in [0, 0.1) is 11.7 Å². The second-order valence-corrected chi connectivity index (χ2v) is 6.58. The molecule has 0 heterocycles. The van der Waals surface area contributed by atoms with Gasteiger partial charge in [-0.05, 0) is 43.0 Å². The van der Waals surface area contributed by atoms with Crippen molar-refractivity contribution >= 4 is 21.6 Å². The molecule has 1 atom stereocenters. The zero-order valence-electron chi connectivity index (χ0n) is 10.9. The van der Waals surface area contributed by atoms with Gasteiger partial charge in [0, 0.05) is 12.4 Å². The van der Waals surface area contributed by atoms with Crippen LogP contribution in [0.3, 0.4) is 0 Å². The van der Waals surface area contributed by atoms with Crippen LogP contribution in [0.25, 0.3) is 0 Å². The van der Waals surface area contributed by atoms with E-state index in [2.05, 4.69) is 11.6 Å². The molecule has 0 aliphatic heterocycles. The van der Waals surface area contributed by atoms with E-state index in [1.165, 1.54) is 12.1 Å². The monoisotopic (exact) mass is 307 g/mol. The van der Waals surface area contributed by atoms with Crippen LogP contribution >= 0.6 is 11.6 Å². The van der Waals surface area contributed by atoms with Gasteiger partial charge in [-0.1, -0.05) is 13.3 Å². The standard InChI is InChI=1S/C13H19ClFNO2S/c1-2-3-11(8-9-14)10-16-19(17,18)13-6-4-12(15)5-7-13/h4-7,11,16H,2-3,8-10H2,1H3. The van der Waals surface area contributed by atoms with E-state index in [4.69, 9.17) is 11.6 Å². The van der Waals surface area contributed by atoms with Crippen LogP contribution in [0.2, 0.25) is 0 Å². The van der Waals surface area contributed by atoms with Gasteiger partial charge in [0.05, 0.1) is 4.90 Å². The minimum Gasteiger partial charge on any atom is -0.211 e. The van der Waals surface area contributed by atoms with Crippen molar-refractivity contribution in [1.29, 1.82) is 0 Å². The van der Waals surface area contributed by atoms with Crippen LogP contribution in [-0.2, 0) is 10.0 Å². The number of alkyl halides is 1. The molecule has 1 aromatic rings. The molecule has 19 heavy (non-hydrogen) atoms. The molecule has 0 amide bonds. The van der Waals surface area contributed by atoms with Gasteiger partial charge in [-0.2, -0.15) is 0 Å². The Bertz CT molecular complexity index is 470. The number of rotatable bonds is 8. The summed E-state index contributed by atoms with van der Waals surface area (Å²) in [7, 11) is -3.57. The average Bonchev–Trinajstić information content (AvgIpc) is 2.37. The lowest BCUT2D eigenvalue weighted by Gasteiger charge is -2.15. The summed E-state index contributed by atoms with van der Waals surface area (Å²) >= 11 is 5.70. The van der Waals surface area contributed by atoms with Crippen LogP contribution in [0.1, 0.15) is 26.2 Å². The summed E-state index contributed by atoms with van der Waals surface area (Å²) in [6.07, 6.45) is 2.69. The van der Waals surface area contributed by atoms with Crippen LogP contribution in [0.4, 0.5) is 4.39 Å². The van der Waals surface area contributed by atoms with Crippen molar-refractivity contribution in [2.45, 2.75) is 31.1 Å². The van der Waals surface area contributed by atoms with Crippen LogP contribution in [0.5, 0.6) is 0 Å². The van der Waals surface area contributed by atoms with Crippen LogP contribution in [-0.4, -0.2) is 20.8 Å². The quantitative estimate of drug-likeness (QED) is 0.750. The molecule has 1 aromatic carbocycles. The molecule has 1 unspecified atom stereocenters. The third-order valence-electron chi connectivity index (χ3n) is 2.90. The van der Waals surface area contributed by atoms with E-state index in [1.54, 1.807) is 0 Å². The Morgan fingerprint density at radius 2 is 1.89 bits per heavy atom. The molecule has 0 aromatic heterocycles. The summed E-state index contributed by atoms with van der Waals surface area (Å²) in [5.74, 6) is 0.297. The Labute approximate surface area is 119 Å². The summed E-state index contributed by atoms with van der Waals surface area (Å²) in [5, 5.41) is 0. The minimum atomic E-state index is -3.57. The molecule has 0 saturated heterocycles. The smallest absolute Gasteiger partial charge is 0.211 e. The van der Waals surface area contributed by atoms with E-state index < -0.39 is 15.8 Å². The van der Waals surface area contributed by atoms with Crippen molar-refractivity contribution in [1.82, 2.24) is 4.72 Å². The van der Waals surface area contributed by atoms with E-state index in [0.29, 0.717) is 12.4 Å². The third kappa shape index (κ3) is 5.47. The van der Waals surface area contributed by atoms with E-state index in [0.717, 1.165) is 31.4 Å². The Hall–Kier alpha value is -0.650. The fourth-order valence-electron chi connectivity index (χ4n) is 1.84. The topological polar surface area (TPSA) is 46.2 Å². The average molecular weight is 308 g/mol. The zero-order valence-corrected chi connectivity index (χ0v) is 12.5. The Kier molecular flexibility index (Phi) is 6.75. The maximum atomic E-state index is 12.8. The molecule has 0 aliphatic carbocycles. The molecule has 108 valence electrons. The van der Waals surface area contributed by atoms with Gasteiger partial charge in [0.1, 0.15) is 5.82 Å². The number of halogens is 2. The number of hydrogen-bond donors (Lipinski definition) is 1. The molecular weight excluding hydrogens is 289 g/mol. The highest BCUT2D eigenvalue weighted by Gasteiger charge is 2.16. The first kappa shape index (κ1) is 16.4. The molecule has 0 spiro atoms. The summed E-state index contributed by atoms with van der Waals surface area (Å²) in [6, 6.07) is 4.79. The second kappa shape index (κ2) is 7.82. The molecule has 0 saturated carbocycles. The molecule has 6 heteroatoms. The van der Waals surface area contributed by atoms with Gasteiger partial charge >= 0.3 is 0 Å². The highest BCUT2D eigenvalue weighted by atomic mass is 35.5. The van der Waals surface area contributed by atoms with Crippen LogP contribution in [0.15, 0.2) is 29.2 Å². The van der Waals surface area contributed by atoms with Crippen molar-refractivity contribution in [2.24, 2.45) is 5.92 Å². The summed E-state index contributed by atoms with van der Waals surface area (Å²) < 4.78 is 39.3. The van der Waals surface area contributed by atoms with E-state index in [9.17, 15) is 12.8 Å². The lowest BCUT2D eigenvalue weighted by atomic mass is 10.0. The first-order valence-electron chi connectivity index (χ1n) is 6.30. The van der Waals surface area contributed by atoms with Gasteiger partial charge in [0.25, 0.3) is 0 Å². The Balaban J connectivity index is 2.66. The number of hydrogen-bond acceptors (Lipinski definition) is 2. The minimum absolute atomic E-state index is 0.0787. The summed E-state index contributed by atoms with van der Waals surface area (Å²) in [4.78, 5) is 0.0787. The highest BCUT2D eigenvalue weighted by molar-refractivity contribution is 7.89. The van der Waals surface area contributed by atoms with Crippen LogP contribution < -0.4 is 4.72 Å². The fraction of sp³-hybridized carbons (Fsp3) is 0.538. The number of nitrogens with one attached hydrogen (secondary N) is 1. The predicted molar refractivity (Wildman–Crippen MR) is 75.3 cm³/mol. The van der Waals surface area contributed by atoms with E-state index in [1.807, 2.05) is 0 Å². The van der Waals surface area contributed by atoms with Gasteiger partial charge in [-0.3, -0.25) is 0 Å². The van der Waals surface area contributed by atoms with Crippen molar-refractivity contribution in [2.75, 3.05) is 12.4 Å². The first-order chi connectivity index (χ1) is 8.99. The number of benzene rings is 1. The first-order valence-corrected chi connectivity index (χ1v) is 8.32.